The second-order valence-corrected chi connectivity index (χ2v) is 6.42. The minimum Gasteiger partial charge on any atom is -0.324 e. The van der Waals surface area contributed by atoms with Crippen LogP contribution in [0.25, 0.3) is 0 Å². The van der Waals surface area contributed by atoms with Crippen LogP contribution in [0, 0.1) is 13.8 Å². The normalized spacial score (nSPS) is 17.0. The molecule has 2 rings (SSSR count). The Morgan fingerprint density at radius 2 is 1.68 bits per heavy atom. The SMILES string of the molecule is CC(=O)CNC1(C(=O)Nc2c(C)cccc2C)CCCCC1. The molecule has 1 fully saturated rings. The number of Topliss-reactive ketones (excluding diaryl/α,β-unsaturated/α-hetero) is 1. The van der Waals surface area contributed by atoms with Crippen molar-refractivity contribution in [2.45, 2.75) is 58.4 Å². The lowest BCUT2D eigenvalue weighted by atomic mass is 9.80. The molecule has 1 aliphatic rings. The zero-order valence-electron chi connectivity index (χ0n) is 13.8. The fourth-order valence-corrected chi connectivity index (χ4v) is 3.18. The van der Waals surface area contributed by atoms with Gasteiger partial charge in [0.2, 0.25) is 5.91 Å². The highest BCUT2D eigenvalue weighted by molar-refractivity contribution is 5.99. The van der Waals surface area contributed by atoms with E-state index in [0.717, 1.165) is 48.9 Å². The Labute approximate surface area is 132 Å². The van der Waals surface area contributed by atoms with Crippen molar-refractivity contribution < 1.29 is 9.59 Å². The summed E-state index contributed by atoms with van der Waals surface area (Å²) in [6, 6.07) is 5.99. The summed E-state index contributed by atoms with van der Waals surface area (Å²) in [5.41, 5.74) is 2.40. The summed E-state index contributed by atoms with van der Waals surface area (Å²) in [6.07, 6.45) is 4.77. The molecule has 0 bridgehead atoms. The predicted molar refractivity (Wildman–Crippen MR) is 89.0 cm³/mol. The first-order valence-corrected chi connectivity index (χ1v) is 8.07. The number of anilines is 1. The van der Waals surface area contributed by atoms with Crippen LogP contribution in [0.4, 0.5) is 5.69 Å². The molecule has 2 N–H and O–H groups in total. The third-order valence-electron chi connectivity index (χ3n) is 4.54. The molecule has 0 saturated heterocycles. The lowest BCUT2D eigenvalue weighted by Crippen LogP contribution is -2.57. The summed E-state index contributed by atoms with van der Waals surface area (Å²) in [5, 5.41) is 6.33. The van der Waals surface area contributed by atoms with Gasteiger partial charge in [0, 0.05) is 5.69 Å². The number of aryl methyl sites for hydroxylation is 2. The Morgan fingerprint density at radius 3 is 2.23 bits per heavy atom. The zero-order chi connectivity index (χ0) is 16.2. The number of para-hydroxylation sites is 1. The largest absolute Gasteiger partial charge is 0.324 e. The van der Waals surface area contributed by atoms with Gasteiger partial charge in [-0.25, -0.2) is 0 Å². The monoisotopic (exact) mass is 302 g/mol. The number of amides is 1. The van der Waals surface area contributed by atoms with E-state index in [1.54, 1.807) is 6.92 Å². The maximum absolute atomic E-state index is 12.9. The first-order valence-electron chi connectivity index (χ1n) is 8.07. The molecule has 120 valence electrons. The first kappa shape index (κ1) is 16.7. The van der Waals surface area contributed by atoms with E-state index in [9.17, 15) is 9.59 Å². The van der Waals surface area contributed by atoms with Crippen molar-refractivity contribution in [2.24, 2.45) is 0 Å². The van der Waals surface area contributed by atoms with Gasteiger partial charge in [0.05, 0.1) is 12.1 Å². The van der Waals surface area contributed by atoms with Gasteiger partial charge in [-0.05, 0) is 44.7 Å². The minimum absolute atomic E-state index is 0.00847. The molecule has 4 heteroatoms. The van der Waals surface area contributed by atoms with Crippen LogP contribution in [0.2, 0.25) is 0 Å². The van der Waals surface area contributed by atoms with Crippen molar-refractivity contribution in [3.05, 3.63) is 29.3 Å². The molecule has 0 radical (unpaired) electrons. The molecule has 0 unspecified atom stereocenters. The van der Waals surface area contributed by atoms with Crippen molar-refractivity contribution in [1.29, 1.82) is 0 Å². The summed E-state index contributed by atoms with van der Waals surface area (Å²) in [4.78, 5) is 24.2. The van der Waals surface area contributed by atoms with Crippen molar-refractivity contribution >= 4 is 17.4 Å². The molecule has 4 nitrogen and oxygen atoms in total. The zero-order valence-corrected chi connectivity index (χ0v) is 13.8. The van der Waals surface area contributed by atoms with E-state index in [1.165, 1.54) is 0 Å². The number of benzene rings is 1. The van der Waals surface area contributed by atoms with Gasteiger partial charge >= 0.3 is 0 Å². The summed E-state index contributed by atoms with van der Waals surface area (Å²) in [7, 11) is 0. The lowest BCUT2D eigenvalue weighted by molar-refractivity contribution is -0.124. The molecule has 0 heterocycles. The standard InChI is InChI=1S/C18H26N2O2/c1-13-8-7-9-14(2)16(13)20-17(22)18(19-12-15(3)21)10-5-4-6-11-18/h7-9,19H,4-6,10-12H2,1-3H3,(H,20,22). The number of carbonyl (C=O) groups is 2. The van der Waals surface area contributed by atoms with E-state index in [1.807, 2.05) is 32.0 Å². The quantitative estimate of drug-likeness (QED) is 0.878. The van der Waals surface area contributed by atoms with Crippen LogP contribution < -0.4 is 10.6 Å². The Balaban J connectivity index is 2.20. The Bertz CT molecular complexity index is 540. The average molecular weight is 302 g/mol. The number of hydrogen-bond donors (Lipinski definition) is 2. The number of carbonyl (C=O) groups excluding carboxylic acids is 2. The topological polar surface area (TPSA) is 58.2 Å². The maximum Gasteiger partial charge on any atom is 0.244 e. The highest BCUT2D eigenvalue weighted by atomic mass is 16.2. The number of ketones is 1. The summed E-state index contributed by atoms with van der Waals surface area (Å²) in [5.74, 6) is 0.0515. The van der Waals surface area contributed by atoms with Gasteiger partial charge in [0.1, 0.15) is 5.78 Å². The van der Waals surface area contributed by atoms with E-state index in [4.69, 9.17) is 0 Å². The van der Waals surface area contributed by atoms with Crippen LogP contribution in [0.3, 0.4) is 0 Å². The van der Waals surface area contributed by atoms with Crippen molar-refractivity contribution in [2.75, 3.05) is 11.9 Å². The van der Waals surface area contributed by atoms with Gasteiger partial charge in [-0.1, -0.05) is 37.5 Å². The number of rotatable bonds is 5. The molecular formula is C18H26N2O2. The van der Waals surface area contributed by atoms with Crippen LogP contribution in [0.5, 0.6) is 0 Å². The predicted octanol–water partition coefficient (Wildman–Crippen LogP) is 3.12. The second-order valence-electron chi connectivity index (χ2n) is 6.42. The van der Waals surface area contributed by atoms with Crippen LogP contribution in [0.15, 0.2) is 18.2 Å². The Kier molecular flexibility index (Phi) is 5.35. The van der Waals surface area contributed by atoms with Crippen LogP contribution in [0.1, 0.15) is 50.2 Å². The van der Waals surface area contributed by atoms with Gasteiger partial charge in [-0.3, -0.25) is 14.9 Å². The Morgan fingerprint density at radius 1 is 1.09 bits per heavy atom. The number of hydrogen-bond acceptors (Lipinski definition) is 3. The highest BCUT2D eigenvalue weighted by Gasteiger charge is 2.39. The van der Waals surface area contributed by atoms with Crippen molar-refractivity contribution in [3.8, 4) is 0 Å². The summed E-state index contributed by atoms with van der Waals surface area (Å²) >= 11 is 0. The first-order chi connectivity index (χ1) is 10.4. The van der Waals surface area contributed by atoms with E-state index in [2.05, 4.69) is 10.6 Å². The third kappa shape index (κ3) is 3.74. The van der Waals surface area contributed by atoms with Gasteiger partial charge in [-0.2, -0.15) is 0 Å². The van der Waals surface area contributed by atoms with Crippen LogP contribution in [-0.4, -0.2) is 23.8 Å². The van der Waals surface area contributed by atoms with Gasteiger partial charge in [0.25, 0.3) is 0 Å². The summed E-state index contributed by atoms with van der Waals surface area (Å²) in [6.45, 7) is 5.80. The van der Waals surface area contributed by atoms with E-state index < -0.39 is 5.54 Å². The molecule has 22 heavy (non-hydrogen) atoms. The van der Waals surface area contributed by atoms with Crippen LogP contribution >= 0.6 is 0 Å². The van der Waals surface area contributed by atoms with Gasteiger partial charge < -0.3 is 5.32 Å². The van der Waals surface area contributed by atoms with Gasteiger partial charge in [0.15, 0.2) is 0 Å². The Hall–Kier alpha value is -1.68. The molecule has 0 spiro atoms. The fraction of sp³-hybridized carbons (Fsp3) is 0.556. The van der Waals surface area contributed by atoms with Crippen molar-refractivity contribution in [3.63, 3.8) is 0 Å². The molecule has 1 saturated carbocycles. The molecule has 1 amide bonds. The number of nitrogens with one attached hydrogen (secondary N) is 2. The van der Waals surface area contributed by atoms with Gasteiger partial charge in [-0.15, -0.1) is 0 Å². The lowest BCUT2D eigenvalue weighted by Gasteiger charge is -2.37. The van der Waals surface area contributed by atoms with E-state index >= 15 is 0 Å². The molecule has 0 aliphatic heterocycles. The highest BCUT2D eigenvalue weighted by Crippen LogP contribution is 2.30. The molecular weight excluding hydrogens is 276 g/mol. The third-order valence-corrected chi connectivity index (χ3v) is 4.54. The van der Waals surface area contributed by atoms with Crippen LogP contribution in [-0.2, 0) is 9.59 Å². The fourth-order valence-electron chi connectivity index (χ4n) is 3.18. The molecule has 1 aliphatic carbocycles. The van der Waals surface area contributed by atoms with E-state index in [0.29, 0.717) is 0 Å². The smallest absolute Gasteiger partial charge is 0.244 e. The maximum atomic E-state index is 12.9. The summed E-state index contributed by atoms with van der Waals surface area (Å²) < 4.78 is 0. The molecule has 1 aromatic carbocycles. The second kappa shape index (κ2) is 7.05. The molecule has 0 atom stereocenters. The average Bonchev–Trinajstić information content (AvgIpc) is 2.50. The molecule has 0 aromatic heterocycles. The minimum atomic E-state index is -0.612. The van der Waals surface area contributed by atoms with E-state index in [-0.39, 0.29) is 18.2 Å². The van der Waals surface area contributed by atoms with Crippen molar-refractivity contribution in [1.82, 2.24) is 5.32 Å². The molecule has 1 aromatic rings.